The number of rotatable bonds is 3. The van der Waals surface area contributed by atoms with Crippen LogP contribution in [0.2, 0.25) is 0 Å². The number of nitrogen functional groups attached to an aromatic ring is 1. The fourth-order valence-corrected chi connectivity index (χ4v) is 2.34. The maximum Gasteiger partial charge on any atom is 0.338 e. The Morgan fingerprint density at radius 3 is 2.70 bits per heavy atom. The van der Waals surface area contributed by atoms with Crippen LogP contribution in [0.3, 0.4) is 0 Å². The summed E-state index contributed by atoms with van der Waals surface area (Å²) >= 11 is 0. The lowest BCUT2D eigenvalue weighted by molar-refractivity contribution is -0.136. The molecule has 0 aromatic heterocycles. The van der Waals surface area contributed by atoms with Gasteiger partial charge in [0.1, 0.15) is 0 Å². The number of hydrogen-bond donors (Lipinski definition) is 1. The normalized spacial score (nSPS) is 18.6. The number of amides is 1. The topological polar surface area (TPSA) is 72.6 Å². The Hall–Kier alpha value is -2.04. The fraction of sp³-hybridized carbons (Fsp3) is 0.467. The van der Waals surface area contributed by atoms with Gasteiger partial charge in [-0.05, 0) is 43.0 Å². The second kappa shape index (κ2) is 6.41. The molecule has 1 amide bonds. The Morgan fingerprint density at radius 1 is 1.35 bits per heavy atom. The van der Waals surface area contributed by atoms with Gasteiger partial charge in [0.15, 0.2) is 6.61 Å². The van der Waals surface area contributed by atoms with Gasteiger partial charge in [-0.1, -0.05) is 6.92 Å². The van der Waals surface area contributed by atoms with E-state index in [1.807, 2.05) is 0 Å². The highest BCUT2D eigenvalue weighted by Crippen LogP contribution is 2.15. The van der Waals surface area contributed by atoms with Crippen molar-refractivity contribution in [3.63, 3.8) is 0 Å². The van der Waals surface area contributed by atoms with Crippen LogP contribution in [-0.4, -0.2) is 36.5 Å². The Labute approximate surface area is 118 Å². The number of piperidine rings is 1. The van der Waals surface area contributed by atoms with Crippen molar-refractivity contribution in [2.24, 2.45) is 5.92 Å². The Morgan fingerprint density at radius 2 is 2.05 bits per heavy atom. The van der Waals surface area contributed by atoms with Crippen molar-refractivity contribution in [3.8, 4) is 0 Å². The predicted octanol–water partition coefficient (Wildman–Crippen LogP) is 1.68. The zero-order chi connectivity index (χ0) is 14.5. The van der Waals surface area contributed by atoms with Crippen molar-refractivity contribution in [1.82, 2.24) is 4.90 Å². The third kappa shape index (κ3) is 3.73. The summed E-state index contributed by atoms with van der Waals surface area (Å²) in [5.41, 5.74) is 6.53. The van der Waals surface area contributed by atoms with Crippen LogP contribution in [-0.2, 0) is 9.53 Å². The summed E-state index contributed by atoms with van der Waals surface area (Å²) in [6.45, 7) is 3.43. The summed E-state index contributed by atoms with van der Waals surface area (Å²) in [4.78, 5) is 25.5. The second-order valence-electron chi connectivity index (χ2n) is 5.29. The molecule has 0 aliphatic carbocycles. The fourth-order valence-electron chi connectivity index (χ4n) is 2.34. The van der Waals surface area contributed by atoms with Crippen molar-refractivity contribution in [2.75, 3.05) is 25.4 Å². The molecule has 1 aromatic rings. The number of ether oxygens (including phenoxy) is 1. The Balaban J connectivity index is 1.83. The minimum absolute atomic E-state index is 0.125. The van der Waals surface area contributed by atoms with Crippen LogP contribution < -0.4 is 5.73 Å². The van der Waals surface area contributed by atoms with E-state index in [0.29, 0.717) is 17.2 Å². The molecule has 2 rings (SSSR count). The highest BCUT2D eigenvalue weighted by molar-refractivity contribution is 5.91. The average Bonchev–Trinajstić information content (AvgIpc) is 2.45. The Bertz CT molecular complexity index is 484. The van der Waals surface area contributed by atoms with E-state index >= 15 is 0 Å². The number of nitrogens with two attached hydrogens (primary N) is 1. The van der Waals surface area contributed by atoms with E-state index in [1.54, 1.807) is 29.2 Å². The molecular formula is C15H20N2O3. The first-order valence-corrected chi connectivity index (χ1v) is 6.86. The molecule has 1 saturated heterocycles. The van der Waals surface area contributed by atoms with Gasteiger partial charge in [0.05, 0.1) is 5.56 Å². The molecule has 108 valence electrons. The number of benzene rings is 1. The lowest BCUT2D eigenvalue weighted by Gasteiger charge is -2.30. The highest BCUT2D eigenvalue weighted by Gasteiger charge is 2.21. The summed E-state index contributed by atoms with van der Waals surface area (Å²) in [5.74, 6) is -0.107. The summed E-state index contributed by atoms with van der Waals surface area (Å²) in [6.07, 6.45) is 2.16. The van der Waals surface area contributed by atoms with Crippen LogP contribution in [0.1, 0.15) is 30.1 Å². The number of likely N-dealkylation sites (tertiary alicyclic amines) is 1. The molecule has 1 aromatic carbocycles. The van der Waals surface area contributed by atoms with Crippen LogP contribution >= 0.6 is 0 Å². The van der Waals surface area contributed by atoms with Crippen molar-refractivity contribution in [3.05, 3.63) is 29.8 Å². The van der Waals surface area contributed by atoms with Gasteiger partial charge >= 0.3 is 5.97 Å². The summed E-state index contributed by atoms with van der Waals surface area (Å²) in [5, 5.41) is 0. The molecule has 0 saturated carbocycles. The molecule has 2 N–H and O–H groups in total. The molecule has 5 heteroatoms. The molecule has 5 nitrogen and oxygen atoms in total. The lowest BCUT2D eigenvalue weighted by atomic mass is 10.0. The van der Waals surface area contributed by atoms with Crippen molar-refractivity contribution >= 4 is 17.6 Å². The van der Waals surface area contributed by atoms with Crippen LogP contribution in [0, 0.1) is 5.92 Å². The van der Waals surface area contributed by atoms with E-state index in [1.165, 1.54) is 0 Å². The maximum atomic E-state index is 12.0. The van der Waals surface area contributed by atoms with E-state index < -0.39 is 5.97 Å². The number of carbonyl (C=O) groups is 2. The zero-order valence-electron chi connectivity index (χ0n) is 11.7. The molecule has 20 heavy (non-hydrogen) atoms. The molecule has 0 spiro atoms. The van der Waals surface area contributed by atoms with Gasteiger partial charge in [-0.15, -0.1) is 0 Å². The number of nitrogens with zero attached hydrogens (tertiary/aromatic N) is 1. The average molecular weight is 276 g/mol. The SMILES string of the molecule is C[C@H]1CCCN(C(=O)COC(=O)c2ccc(N)cc2)C1. The monoisotopic (exact) mass is 276 g/mol. The molecule has 0 bridgehead atoms. The molecular weight excluding hydrogens is 256 g/mol. The van der Waals surface area contributed by atoms with Crippen molar-refractivity contribution in [1.29, 1.82) is 0 Å². The largest absolute Gasteiger partial charge is 0.452 e. The first kappa shape index (κ1) is 14.4. The lowest BCUT2D eigenvalue weighted by Crippen LogP contribution is -2.41. The van der Waals surface area contributed by atoms with E-state index in [4.69, 9.17) is 10.5 Å². The molecule has 1 fully saturated rings. The van der Waals surface area contributed by atoms with E-state index in [-0.39, 0.29) is 12.5 Å². The van der Waals surface area contributed by atoms with E-state index in [0.717, 1.165) is 25.9 Å². The molecule has 1 aliphatic rings. The van der Waals surface area contributed by atoms with Crippen LogP contribution in [0.5, 0.6) is 0 Å². The number of carbonyl (C=O) groups excluding carboxylic acids is 2. The first-order chi connectivity index (χ1) is 9.56. The minimum atomic E-state index is -0.497. The van der Waals surface area contributed by atoms with E-state index in [9.17, 15) is 9.59 Å². The van der Waals surface area contributed by atoms with Crippen LogP contribution in [0.4, 0.5) is 5.69 Å². The molecule has 1 heterocycles. The van der Waals surface area contributed by atoms with Gasteiger partial charge in [0.25, 0.3) is 5.91 Å². The number of hydrogen-bond acceptors (Lipinski definition) is 4. The quantitative estimate of drug-likeness (QED) is 0.673. The summed E-state index contributed by atoms with van der Waals surface area (Å²) in [6, 6.07) is 6.44. The standard InChI is InChI=1S/C15H20N2O3/c1-11-3-2-8-17(9-11)14(18)10-20-15(19)12-4-6-13(16)7-5-12/h4-7,11H,2-3,8-10,16H2,1H3/t11-/m0/s1. The third-order valence-corrected chi connectivity index (χ3v) is 3.48. The van der Waals surface area contributed by atoms with Gasteiger partial charge in [-0.25, -0.2) is 4.79 Å². The Kier molecular flexibility index (Phi) is 4.61. The second-order valence-corrected chi connectivity index (χ2v) is 5.29. The van der Waals surface area contributed by atoms with Gasteiger partial charge in [-0.2, -0.15) is 0 Å². The summed E-state index contributed by atoms with van der Waals surface area (Å²) < 4.78 is 5.05. The van der Waals surface area contributed by atoms with Gasteiger partial charge in [0, 0.05) is 18.8 Å². The van der Waals surface area contributed by atoms with Crippen molar-refractivity contribution < 1.29 is 14.3 Å². The highest BCUT2D eigenvalue weighted by atomic mass is 16.5. The smallest absolute Gasteiger partial charge is 0.338 e. The first-order valence-electron chi connectivity index (χ1n) is 6.86. The molecule has 0 radical (unpaired) electrons. The molecule has 0 unspecified atom stereocenters. The number of anilines is 1. The third-order valence-electron chi connectivity index (χ3n) is 3.48. The van der Waals surface area contributed by atoms with Gasteiger partial charge < -0.3 is 15.4 Å². The van der Waals surface area contributed by atoms with Crippen molar-refractivity contribution in [2.45, 2.75) is 19.8 Å². The number of esters is 1. The maximum absolute atomic E-state index is 12.0. The van der Waals surface area contributed by atoms with Crippen LogP contribution in [0.15, 0.2) is 24.3 Å². The molecule has 1 atom stereocenters. The van der Waals surface area contributed by atoms with Gasteiger partial charge in [0.2, 0.25) is 0 Å². The minimum Gasteiger partial charge on any atom is -0.452 e. The van der Waals surface area contributed by atoms with Gasteiger partial charge in [-0.3, -0.25) is 4.79 Å². The summed E-state index contributed by atoms with van der Waals surface area (Å²) in [7, 11) is 0. The predicted molar refractivity (Wildman–Crippen MR) is 76.1 cm³/mol. The zero-order valence-corrected chi connectivity index (χ0v) is 11.7. The van der Waals surface area contributed by atoms with E-state index in [2.05, 4.69) is 6.92 Å². The molecule has 1 aliphatic heterocycles. The van der Waals surface area contributed by atoms with Crippen LogP contribution in [0.25, 0.3) is 0 Å².